The van der Waals surface area contributed by atoms with Crippen molar-refractivity contribution in [2.75, 3.05) is 5.32 Å². The first-order valence-electron chi connectivity index (χ1n) is 8.68. The number of benzene rings is 2. The third-order valence-electron chi connectivity index (χ3n) is 4.74. The fourth-order valence-electron chi connectivity index (χ4n) is 3.42. The van der Waals surface area contributed by atoms with Crippen molar-refractivity contribution in [3.05, 3.63) is 53.8 Å². The van der Waals surface area contributed by atoms with Crippen LogP contribution in [0.5, 0.6) is 11.5 Å². The van der Waals surface area contributed by atoms with Gasteiger partial charge in [0.1, 0.15) is 5.82 Å². The average Bonchev–Trinajstić information content (AvgIpc) is 3.20. The van der Waals surface area contributed by atoms with E-state index in [0.717, 1.165) is 37.0 Å². The summed E-state index contributed by atoms with van der Waals surface area (Å²) in [6.07, 6.45) is 4.94. The molecule has 4 nitrogen and oxygen atoms in total. The minimum Gasteiger partial charge on any atom is -0.448 e. The van der Waals surface area contributed by atoms with Gasteiger partial charge >= 0.3 is 0 Å². The molecule has 0 saturated heterocycles. The smallest absolute Gasteiger partial charge is 0.251 e. The number of hydrogen-bond acceptors (Lipinski definition) is 3. The molecule has 4 rings (SSSR count). The van der Waals surface area contributed by atoms with Gasteiger partial charge in [0, 0.05) is 31.0 Å². The largest absolute Gasteiger partial charge is 0.448 e. The van der Waals surface area contributed by atoms with Crippen molar-refractivity contribution in [2.24, 2.45) is 0 Å². The van der Waals surface area contributed by atoms with E-state index in [4.69, 9.17) is 9.47 Å². The molecule has 2 aromatic carbocycles. The van der Waals surface area contributed by atoms with Crippen molar-refractivity contribution in [1.82, 2.24) is 0 Å². The van der Waals surface area contributed by atoms with Crippen LogP contribution in [0.15, 0.2) is 42.5 Å². The maximum absolute atomic E-state index is 12.9. The highest BCUT2D eigenvalue weighted by Crippen LogP contribution is 2.47. The molecule has 2 aliphatic rings. The van der Waals surface area contributed by atoms with Crippen molar-refractivity contribution in [3.63, 3.8) is 0 Å². The molecule has 0 radical (unpaired) electrons. The molecule has 130 valence electrons. The molecule has 0 unspecified atom stereocenters. The maximum atomic E-state index is 12.9. The second-order valence-corrected chi connectivity index (χ2v) is 6.66. The van der Waals surface area contributed by atoms with Gasteiger partial charge in [0.15, 0.2) is 11.5 Å². The van der Waals surface area contributed by atoms with Gasteiger partial charge < -0.3 is 14.8 Å². The van der Waals surface area contributed by atoms with E-state index in [1.807, 2.05) is 18.2 Å². The summed E-state index contributed by atoms with van der Waals surface area (Å²) in [5.74, 6) is 0.588. The highest BCUT2D eigenvalue weighted by Gasteiger charge is 2.44. The SMILES string of the molecule is O=C(CCc1ccc(F)cc1)Nc1ccc2c(c1)OC1(CCCC1)O2. The molecule has 1 aliphatic carbocycles. The number of anilines is 1. The molecule has 1 saturated carbocycles. The number of hydrogen-bond donors (Lipinski definition) is 1. The number of carbonyl (C=O) groups excluding carboxylic acids is 1. The molecule has 1 fully saturated rings. The predicted molar refractivity (Wildman–Crippen MR) is 92.2 cm³/mol. The Balaban J connectivity index is 1.35. The lowest BCUT2D eigenvalue weighted by Gasteiger charge is -2.21. The number of ether oxygens (including phenoxy) is 2. The van der Waals surface area contributed by atoms with E-state index in [0.29, 0.717) is 24.3 Å². The summed E-state index contributed by atoms with van der Waals surface area (Å²) in [6.45, 7) is 0. The third-order valence-corrected chi connectivity index (χ3v) is 4.74. The minimum atomic E-state index is -0.493. The van der Waals surface area contributed by atoms with Crippen molar-refractivity contribution >= 4 is 11.6 Å². The molecule has 0 atom stereocenters. The average molecular weight is 341 g/mol. The fraction of sp³-hybridized carbons (Fsp3) is 0.350. The third kappa shape index (κ3) is 3.45. The van der Waals surface area contributed by atoms with Crippen LogP contribution in [0.3, 0.4) is 0 Å². The summed E-state index contributed by atoms with van der Waals surface area (Å²) in [5, 5.41) is 2.88. The Morgan fingerprint density at radius 1 is 1.04 bits per heavy atom. The molecule has 1 amide bonds. The van der Waals surface area contributed by atoms with E-state index in [1.54, 1.807) is 12.1 Å². The van der Waals surface area contributed by atoms with Gasteiger partial charge in [-0.25, -0.2) is 4.39 Å². The summed E-state index contributed by atoms with van der Waals surface area (Å²) < 4.78 is 24.9. The quantitative estimate of drug-likeness (QED) is 0.894. The first-order valence-corrected chi connectivity index (χ1v) is 8.68. The standard InChI is InChI=1S/C20H20FNO3/c21-15-6-3-14(4-7-15)5-10-19(23)22-16-8-9-17-18(13-16)25-20(24-17)11-1-2-12-20/h3-4,6-9,13H,1-2,5,10-12H2,(H,22,23). The molecule has 1 spiro atoms. The Labute approximate surface area is 146 Å². The zero-order chi connectivity index (χ0) is 17.3. The van der Waals surface area contributed by atoms with Crippen LogP contribution in [-0.2, 0) is 11.2 Å². The van der Waals surface area contributed by atoms with Gasteiger partial charge in [-0.2, -0.15) is 0 Å². The van der Waals surface area contributed by atoms with Crippen LogP contribution < -0.4 is 14.8 Å². The number of fused-ring (bicyclic) bond motifs is 1. The monoisotopic (exact) mass is 341 g/mol. The molecule has 5 heteroatoms. The molecule has 1 heterocycles. The Bertz CT molecular complexity index is 782. The second-order valence-electron chi connectivity index (χ2n) is 6.66. The summed E-state index contributed by atoms with van der Waals surface area (Å²) in [5.41, 5.74) is 1.63. The first kappa shape index (κ1) is 15.9. The summed E-state index contributed by atoms with van der Waals surface area (Å²) in [6, 6.07) is 11.7. The zero-order valence-corrected chi connectivity index (χ0v) is 13.9. The Kier molecular flexibility index (Phi) is 4.07. The van der Waals surface area contributed by atoms with Gasteiger partial charge in [-0.3, -0.25) is 4.79 Å². The van der Waals surface area contributed by atoms with E-state index >= 15 is 0 Å². The molecule has 0 bridgehead atoms. The van der Waals surface area contributed by atoms with Gasteiger partial charge in [0.05, 0.1) is 0 Å². The van der Waals surface area contributed by atoms with Crippen LogP contribution in [-0.4, -0.2) is 11.7 Å². The Morgan fingerprint density at radius 2 is 1.76 bits per heavy atom. The predicted octanol–water partition coefficient (Wildman–Crippen LogP) is 4.44. The van der Waals surface area contributed by atoms with E-state index in [1.165, 1.54) is 12.1 Å². The summed E-state index contributed by atoms with van der Waals surface area (Å²) in [4.78, 5) is 12.1. The lowest BCUT2D eigenvalue weighted by atomic mass is 10.1. The molecular weight excluding hydrogens is 321 g/mol. The van der Waals surface area contributed by atoms with Crippen LogP contribution in [0, 0.1) is 5.82 Å². The van der Waals surface area contributed by atoms with Gasteiger partial charge in [-0.05, 0) is 49.1 Å². The second kappa shape index (κ2) is 6.39. The van der Waals surface area contributed by atoms with Crippen molar-refractivity contribution in [3.8, 4) is 11.5 Å². The molecule has 0 aromatic heterocycles. The molecular formula is C20H20FNO3. The topological polar surface area (TPSA) is 47.6 Å². The van der Waals surface area contributed by atoms with Crippen molar-refractivity contribution < 1.29 is 18.7 Å². The van der Waals surface area contributed by atoms with Gasteiger partial charge in [-0.15, -0.1) is 0 Å². The number of halogens is 1. The van der Waals surface area contributed by atoms with E-state index < -0.39 is 5.79 Å². The lowest BCUT2D eigenvalue weighted by molar-refractivity contribution is -0.116. The van der Waals surface area contributed by atoms with Crippen molar-refractivity contribution in [1.29, 1.82) is 0 Å². The van der Waals surface area contributed by atoms with E-state index in [2.05, 4.69) is 5.32 Å². The number of aryl methyl sites for hydroxylation is 1. The van der Waals surface area contributed by atoms with Crippen LogP contribution in [0.25, 0.3) is 0 Å². The van der Waals surface area contributed by atoms with Gasteiger partial charge in [0.2, 0.25) is 5.91 Å². The van der Waals surface area contributed by atoms with Gasteiger partial charge in [-0.1, -0.05) is 12.1 Å². The van der Waals surface area contributed by atoms with Crippen LogP contribution in [0.1, 0.15) is 37.7 Å². The molecule has 1 aliphatic heterocycles. The van der Waals surface area contributed by atoms with Crippen LogP contribution in [0.4, 0.5) is 10.1 Å². The maximum Gasteiger partial charge on any atom is 0.251 e. The highest BCUT2D eigenvalue weighted by atomic mass is 19.1. The van der Waals surface area contributed by atoms with Crippen LogP contribution in [0.2, 0.25) is 0 Å². The number of rotatable bonds is 4. The van der Waals surface area contributed by atoms with Crippen LogP contribution >= 0.6 is 0 Å². The summed E-state index contributed by atoms with van der Waals surface area (Å²) >= 11 is 0. The summed E-state index contributed by atoms with van der Waals surface area (Å²) in [7, 11) is 0. The highest BCUT2D eigenvalue weighted by molar-refractivity contribution is 5.91. The molecule has 1 N–H and O–H groups in total. The fourth-order valence-corrected chi connectivity index (χ4v) is 3.42. The number of nitrogens with one attached hydrogen (secondary N) is 1. The van der Waals surface area contributed by atoms with E-state index in [-0.39, 0.29) is 11.7 Å². The number of carbonyl (C=O) groups is 1. The Morgan fingerprint density at radius 3 is 2.52 bits per heavy atom. The van der Waals surface area contributed by atoms with E-state index in [9.17, 15) is 9.18 Å². The lowest BCUT2D eigenvalue weighted by Crippen LogP contribution is -2.34. The normalized spacial score (nSPS) is 17.0. The minimum absolute atomic E-state index is 0.0845. The Hall–Kier alpha value is -2.56. The zero-order valence-electron chi connectivity index (χ0n) is 13.9. The first-order chi connectivity index (χ1) is 12.1. The number of amides is 1. The van der Waals surface area contributed by atoms with Gasteiger partial charge in [0.25, 0.3) is 5.79 Å². The molecule has 25 heavy (non-hydrogen) atoms. The van der Waals surface area contributed by atoms with Crippen molar-refractivity contribution in [2.45, 2.75) is 44.3 Å². The molecule has 2 aromatic rings.